The predicted octanol–water partition coefficient (Wildman–Crippen LogP) is 3.70. The van der Waals surface area contributed by atoms with E-state index in [0.29, 0.717) is 28.7 Å². The first-order valence-corrected chi connectivity index (χ1v) is 10.3. The molecule has 0 bridgehead atoms. The van der Waals surface area contributed by atoms with Crippen LogP contribution in [0.3, 0.4) is 0 Å². The second-order valence-corrected chi connectivity index (χ2v) is 8.03. The molecule has 0 aliphatic carbocycles. The van der Waals surface area contributed by atoms with Crippen molar-refractivity contribution in [2.75, 3.05) is 17.7 Å². The maximum Gasteiger partial charge on any atom is 0.341 e. The van der Waals surface area contributed by atoms with E-state index < -0.39 is 5.97 Å². The van der Waals surface area contributed by atoms with E-state index in [2.05, 4.69) is 15.5 Å². The van der Waals surface area contributed by atoms with Crippen LogP contribution in [-0.2, 0) is 16.0 Å². The van der Waals surface area contributed by atoms with E-state index in [1.165, 1.54) is 23.1 Å². The summed E-state index contributed by atoms with van der Waals surface area (Å²) < 4.78 is 7.07. The molecule has 142 valence electrons. The molecule has 0 aromatic carbocycles. The number of hydrogen-bond donors (Lipinski definition) is 1. The number of amides is 1. The number of thioether (sulfide) groups is 1. The molecule has 2 heterocycles. The standard InChI is InChI=1S/C17H24N4O3S2/c1-6-12-11(5)26-15(14(12)16(23)24-7-2)19-13(22)8-25-17-20-18-9-21(17)10(3)4/h9-10H,6-8H2,1-5H3,(H,19,22). The molecule has 2 aromatic heterocycles. The lowest BCUT2D eigenvalue weighted by molar-refractivity contribution is -0.113. The Bertz CT molecular complexity index is 783. The molecule has 0 unspecified atom stereocenters. The Morgan fingerprint density at radius 1 is 1.38 bits per heavy atom. The van der Waals surface area contributed by atoms with E-state index in [0.717, 1.165) is 10.4 Å². The summed E-state index contributed by atoms with van der Waals surface area (Å²) in [5.41, 5.74) is 1.40. The van der Waals surface area contributed by atoms with Gasteiger partial charge in [-0.15, -0.1) is 21.5 Å². The molecule has 0 fully saturated rings. The van der Waals surface area contributed by atoms with Crippen molar-refractivity contribution in [2.24, 2.45) is 0 Å². The lowest BCUT2D eigenvalue weighted by Crippen LogP contribution is -2.17. The number of anilines is 1. The highest BCUT2D eigenvalue weighted by Gasteiger charge is 2.23. The van der Waals surface area contributed by atoms with Crippen LogP contribution < -0.4 is 5.32 Å². The molecule has 0 radical (unpaired) electrons. The van der Waals surface area contributed by atoms with Gasteiger partial charge in [0.15, 0.2) is 5.16 Å². The van der Waals surface area contributed by atoms with Crippen LogP contribution in [0.5, 0.6) is 0 Å². The van der Waals surface area contributed by atoms with Gasteiger partial charge in [-0.1, -0.05) is 18.7 Å². The van der Waals surface area contributed by atoms with Gasteiger partial charge in [0.1, 0.15) is 11.3 Å². The van der Waals surface area contributed by atoms with E-state index in [4.69, 9.17) is 4.74 Å². The van der Waals surface area contributed by atoms with E-state index in [1.54, 1.807) is 13.3 Å². The third kappa shape index (κ3) is 4.64. The summed E-state index contributed by atoms with van der Waals surface area (Å²) in [5.74, 6) is -0.398. The average molecular weight is 397 g/mol. The predicted molar refractivity (Wildman–Crippen MR) is 104 cm³/mol. The highest BCUT2D eigenvalue weighted by molar-refractivity contribution is 7.99. The molecule has 0 saturated heterocycles. The van der Waals surface area contributed by atoms with Gasteiger partial charge < -0.3 is 14.6 Å². The summed E-state index contributed by atoms with van der Waals surface area (Å²) in [4.78, 5) is 25.7. The number of nitrogens with one attached hydrogen (secondary N) is 1. The fraction of sp³-hybridized carbons (Fsp3) is 0.529. The molecule has 26 heavy (non-hydrogen) atoms. The molecule has 2 rings (SSSR count). The summed E-state index contributed by atoms with van der Waals surface area (Å²) in [7, 11) is 0. The normalized spacial score (nSPS) is 11.0. The van der Waals surface area contributed by atoms with Gasteiger partial charge in [-0.3, -0.25) is 4.79 Å². The van der Waals surface area contributed by atoms with Crippen LogP contribution in [0.1, 0.15) is 54.5 Å². The van der Waals surface area contributed by atoms with Crippen LogP contribution in [0.25, 0.3) is 0 Å². The van der Waals surface area contributed by atoms with Gasteiger partial charge in [0.25, 0.3) is 0 Å². The molecule has 0 aliphatic rings. The highest BCUT2D eigenvalue weighted by atomic mass is 32.2. The largest absolute Gasteiger partial charge is 0.462 e. The fourth-order valence-corrected chi connectivity index (χ4v) is 4.49. The third-order valence-corrected chi connectivity index (χ3v) is 5.74. The Balaban J connectivity index is 2.11. The van der Waals surface area contributed by atoms with Gasteiger partial charge in [-0.2, -0.15) is 0 Å². The molecule has 1 amide bonds. The summed E-state index contributed by atoms with van der Waals surface area (Å²) in [6.07, 6.45) is 2.36. The molecular weight excluding hydrogens is 372 g/mol. The number of nitrogens with zero attached hydrogens (tertiary/aromatic N) is 3. The van der Waals surface area contributed by atoms with Crippen molar-refractivity contribution >= 4 is 40.0 Å². The molecule has 9 heteroatoms. The second-order valence-electron chi connectivity index (χ2n) is 5.87. The van der Waals surface area contributed by atoms with Crippen LogP contribution in [-0.4, -0.2) is 39.0 Å². The summed E-state index contributed by atoms with van der Waals surface area (Å²) in [6, 6.07) is 0.220. The van der Waals surface area contributed by atoms with Gasteiger partial charge in [0.05, 0.1) is 17.9 Å². The van der Waals surface area contributed by atoms with E-state index in [9.17, 15) is 9.59 Å². The molecule has 0 saturated carbocycles. The zero-order valence-corrected chi connectivity index (χ0v) is 17.3. The number of aromatic nitrogens is 3. The molecule has 0 aliphatic heterocycles. The van der Waals surface area contributed by atoms with Crippen molar-refractivity contribution in [1.82, 2.24) is 14.8 Å². The topological polar surface area (TPSA) is 86.1 Å². The van der Waals surface area contributed by atoms with E-state index in [-0.39, 0.29) is 17.7 Å². The van der Waals surface area contributed by atoms with Crippen molar-refractivity contribution in [3.63, 3.8) is 0 Å². The number of aryl methyl sites for hydroxylation is 1. The van der Waals surface area contributed by atoms with Crippen molar-refractivity contribution in [1.29, 1.82) is 0 Å². The van der Waals surface area contributed by atoms with Gasteiger partial charge in [-0.25, -0.2) is 4.79 Å². The number of thiophene rings is 1. The highest BCUT2D eigenvalue weighted by Crippen LogP contribution is 2.34. The number of esters is 1. The first-order chi connectivity index (χ1) is 12.4. The van der Waals surface area contributed by atoms with Crippen LogP contribution in [0.4, 0.5) is 5.00 Å². The number of ether oxygens (including phenoxy) is 1. The Hall–Kier alpha value is -1.87. The average Bonchev–Trinajstić information content (AvgIpc) is 3.17. The summed E-state index contributed by atoms with van der Waals surface area (Å²) in [6.45, 7) is 10.0. The molecule has 1 N–H and O–H groups in total. The Morgan fingerprint density at radius 2 is 2.12 bits per heavy atom. The van der Waals surface area contributed by atoms with Gasteiger partial charge in [0, 0.05) is 10.9 Å². The van der Waals surface area contributed by atoms with Crippen molar-refractivity contribution in [2.45, 2.75) is 52.2 Å². The van der Waals surface area contributed by atoms with Crippen LogP contribution in [0.2, 0.25) is 0 Å². The number of hydrogen-bond acceptors (Lipinski definition) is 7. The minimum Gasteiger partial charge on any atom is -0.462 e. The van der Waals surface area contributed by atoms with Crippen LogP contribution in [0, 0.1) is 6.92 Å². The number of rotatable bonds is 8. The fourth-order valence-electron chi connectivity index (χ4n) is 2.49. The number of carbonyl (C=O) groups excluding carboxylic acids is 2. The Morgan fingerprint density at radius 3 is 2.73 bits per heavy atom. The second kappa shape index (κ2) is 9.18. The Labute approximate surface area is 161 Å². The molecule has 0 spiro atoms. The first-order valence-electron chi connectivity index (χ1n) is 8.50. The van der Waals surface area contributed by atoms with Crippen molar-refractivity contribution < 1.29 is 14.3 Å². The van der Waals surface area contributed by atoms with Crippen molar-refractivity contribution in [3.8, 4) is 0 Å². The zero-order chi connectivity index (χ0) is 19.3. The van der Waals surface area contributed by atoms with Crippen LogP contribution >= 0.6 is 23.1 Å². The Kier molecular flexibility index (Phi) is 7.22. The summed E-state index contributed by atoms with van der Waals surface area (Å²) in [5, 5.41) is 12.0. The molecule has 2 aromatic rings. The van der Waals surface area contributed by atoms with Gasteiger partial charge in [0.2, 0.25) is 5.91 Å². The summed E-state index contributed by atoms with van der Waals surface area (Å²) >= 11 is 2.72. The van der Waals surface area contributed by atoms with Gasteiger partial charge in [-0.05, 0) is 39.7 Å². The third-order valence-electron chi connectivity index (χ3n) is 3.72. The van der Waals surface area contributed by atoms with Crippen molar-refractivity contribution in [3.05, 3.63) is 22.3 Å². The molecule has 0 atom stereocenters. The number of carbonyl (C=O) groups is 2. The smallest absolute Gasteiger partial charge is 0.341 e. The van der Waals surface area contributed by atoms with Crippen LogP contribution in [0.15, 0.2) is 11.5 Å². The maximum atomic E-state index is 12.4. The van der Waals surface area contributed by atoms with E-state index in [1.807, 2.05) is 32.3 Å². The maximum absolute atomic E-state index is 12.4. The lowest BCUT2D eigenvalue weighted by atomic mass is 10.1. The van der Waals surface area contributed by atoms with Gasteiger partial charge >= 0.3 is 5.97 Å². The first kappa shape index (κ1) is 20.4. The zero-order valence-electron chi connectivity index (χ0n) is 15.7. The van der Waals surface area contributed by atoms with E-state index >= 15 is 0 Å². The SMILES string of the molecule is CCOC(=O)c1c(NC(=O)CSc2nncn2C(C)C)sc(C)c1CC. The quantitative estimate of drug-likeness (QED) is 0.541. The molecular formula is C17H24N4O3S2. The molecule has 7 nitrogen and oxygen atoms in total. The minimum absolute atomic E-state index is 0.187. The lowest BCUT2D eigenvalue weighted by Gasteiger charge is -2.10. The minimum atomic E-state index is -0.392. The monoisotopic (exact) mass is 396 g/mol.